The number of aromatic nitrogens is 1. The fourth-order valence-electron chi connectivity index (χ4n) is 1.58. The molecular weight excluding hydrogens is 411 g/mol. The van der Waals surface area contributed by atoms with E-state index in [0.29, 0.717) is 8.95 Å². The van der Waals surface area contributed by atoms with Crippen molar-refractivity contribution in [2.45, 2.75) is 0 Å². The molecule has 2 rings (SSSR count). The number of halogens is 3. The zero-order valence-corrected chi connectivity index (χ0v) is 13.4. The van der Waals surface area contributed by atoms with E-state index in [1.54, 1.807) is 6.07 Å². The normalized spacial score (nSPS) is 10.2. The molecule has 0 bridgehead atoms. The van der Waals surface area contributed by atoms with Crippen molar-refractivity contribution >= 4 is 49.4 Å². The van der Waals surface area contributed by atoms with Crippen LogP contribution in [0.25, 0.3) is 0 Å². The van der Waals surface area contributed by atoms with Gasteiger partial charge in [0.15, 0.2) is 0 Å². The van der Waals surface area contributed by atoms with Gasteiger partial charge in [0.2, 0.25) is 5.95 Å². The van der Waals surface area contributed by atoms with Crippen LogP contribution in [0.4, 0.5) is 10.1 Å². The maximum Gasteiger partial charge on any atom is 0.337 e. The summed E-state index contributed by atoms with van der Waals surface area (Å²) in [4.78, 5) is 26.7. The van der Waals surface area contributed by atoms with Crippen LogP contribution in [-0.2, 0) is 0 Å². The van der Waals surface area contributed by atoms with Crippen LogP contribution in [0.3, 0.4) is 0 Å². The van der Waals surface area contributed by atoms with Crippen LogP contribution < -0.4 is 5.32 Å². The predicted octanol–water partition coefficient (Wildman–Crippen LogP) is 3.70. The van der Waals surface area contributed by atoms with Crippen molar-refractivity contribution in [1.82, 2.24) is 4.98 Å². The van der Waals surface area contributed by atoms with Gasteiger partial charge < -0.3 is 10.4 Å². The van der Waals surface area contributed by atoms with E-state index < -0.39 is 17.8 Å². The monoisotopic (exact) mass is 416 g/mol. The number of benzene rings is 1. The zero-order chi connectivity index (χ0) is 15.6. The summed E-state index contributed by atoms with van der Waals surface area (Å²) in [6.45, 7) is 0. The van der Waals surface area contributed by atoms with Gasteiger partial charge in [-0.25, -0.2) is 9.78 Å². The second-order valence-electron chi connectivity index (χ2n) is 3.92. The fraction of sp³-hybridized carbons (Fsp3) is 0. The molecule has 0 saturated heterocycles. The van der Waals surface area contributed by atoms with Gasteiger partial charge in [0, 0.05) is 8.95 Å². The number of nitrogens with zero attached hydrogens (tertiary/aromatic N) is 1. The molecule has 8 heteroatoms. The Labute approximate surface area is 135 Å². The van der Waals surface area contributed by atoms with E-state index in [0.717, 1.165) is 6.07 Å². The molecule has 0 saturated carbocycles. The lowest BCUT2D eigenvalue weighted by Crippen LogP contribution is -2.17. The highest BCUT2D eigenvalue weighted by Gasteiger charge is 2.18. The number of pyridine rings is 1. The Morgan fingerprint density at radius 1 is 1.24 bits per heavy atom. The molecule has 0 aliphatic carbocycles. The molecular formula is C13H7Br2FN2O3. The van der Waals surface area contributed by atoms with Gasteiger partial charge in [-0.15, -0.1) is 0 Å². The van der Waals surface area contributed by atoms with Gasteiger partial charge in [-0.2, -0.15) is 4.39 Å². The summed E-state index contributed by atoms with van der Waals surface area (Å²) < 4.78 is 13.9. The Kier molecular flexibility index (Phi) is 4.69. The first-order chi connectivity index (χ1) is 9.88. The number of hydrogen-bond acceptors (Lipinski definition) is 3. The first-order valence-corrected chi connectivity index (χ1v) is 7.13. The second-order valence-corrected chi connectivity index (χ2v) is 5.69. The van der Waals surface area contributed by atoms with Crippen LogP contribution in [0.1, 0.15) is 20.8 Å². The molecule has 1 amide bonds. The minimum Gasteiger partial charge on any atom is -0.478 e. The second kappa shape index (κ2) is 6.31. The summed E-state index contributed by atoms with van der Waals surface area (Å²) in [7, 11) is 0. The maximum absolute atomic E-state index is 13.0. The number of carbonyl (C=O) groups is 2. The first kappa shape index (κ1) is 15.6. The summed E-state index contributed by atoms with van der Waals surface area (Å²) in [5.74, 6) is -2.71. The first-order valence-electron chi connectivity index (χ1n) is 5.54. The minimum atomic E-state index is -1.21. The molecule has 0 aliphatic heterocycles. The number of rotatable bonds is 3. The van der Waals surface area contributed by atoms with E-state index in [4.69, 9.17) is 0 Å². The Balaban J connectivity index is 2.39. The smallest absolute Gasteiger partial charge is 0.337 e. The average molecular weight is 418 g/mol. The van der Waals surface area contributed by atoms with Gasteiger partial charge >= 0.3 is 5.97 Å². The fourth-order valence-corrected chi connectivity index (χ4v) is 2.91. The molecule has 0 unspecified atom stereocenters. The standard InChI is InChI=1S/C13H7Br2FN2O3/c14-6-4-7(13(20)21)11(8(15)5-6)18-12(19)9-2-1-3-10(16)17-9/h1-5H,(H,18,19)(H,20,21). The summed E-state index contributed by atoms with van der Waals surface area (Å²) in [5.41, 5.74) is -0.191. The lowest BCUT2D eigenvalue weighted by atomic mass is 10.1. The molecule has 2 aromatic rings. The number of carboxylic acids is 1. The van der Waals surface area contributed by atoms with Crippen molar-refractivity contribution in [3.05, 3.63) is 56.5 Å². The van der Waals surface area contributed by atoms with Crippen LogP contribution in [0, 0.1) is 5.95 Å². The highest BCUT2D eigenvalue weighted by molar-refractivity contribution is 9.11. The Hall–Kier alpha value is -1.80. The minimum absolute atomic E-state index is 0.0711. The van der Waals surface area contributed by atoms with Crippen LogP contribution in [-0.4, -0.2) is 22.0 Å². The molecule has 1 heterocycles. The van der Waals surface area contributed by atoms with Crippen molar-refractivity contribution in [1.29, 1.82) is 0 Å². The van der Waals surface area contributed by atoms with Crippen molar-refractivity contribution in [2.24, 2.45) is 0 Å². The van der Waals surface area contributed by atoms with Gasteiger partial charge in [-0.05, 0) is 40.2 Å². The van der Waals surface area contributed by atoms with Gasteiger partial charge in [-0.1, -0.05) is 22.0 Å². The van der Waals surface area contributed by atoms with Gasteiger partial charge in [0.1, 0.15) is 5.69 Å². The molecule has 2 N–H and O–H groups in total. The quantitative estimate of drug-likeness (QED) is 0.746. The number of carboxylic acid groups (broad SMARTS) is 1. The Morgan fingerprint density at radius 2 is 1.95 bits per heavy atom. The number of amides is 1. The van der Waals surface area contributed by atoms with Crippen molar-refractivity contribution in [3.8, 4) is 0 Å². The molecule has 1 aromatic carbocycles. The summed E-state index contributed by atoms with van der Waals surface area (Å²) in [6.07, 6.45) is 0. The molecule has 0 fully saturated rings. The maximum atomic E-state index is 13.0. The summed E-state index contributed by atoms with van der Waals surface area (Å²) in [6, 6.07) is 6.70. The van der Waals surface area contributed by atoms with Crippen molar-refractivity contribution in [2.75, 3.05) is 5.32 Å². The van der Waals surface area contributed by atoms with Crippen LogP contribution in [0.2, 0.25) is 0 Å². The number of anilines is 1. The summed E-state index contributed by atoms with van der Waals surface area (Å²) in [5, 5.41) is 11.6. The van der Waals surface area contributed by atoms with Crippen molar-refractivity contribution in [3.63, 3.8) is 0 Å². The number of aromatic carboxylic acids is 1. The zero-order valence-electron chi connectivity index (χ0n) is 10.2. The molecule has 0 aliphatic rings. The SMILES string of the molecule is O=C(Nc1c(Br)cc(Br)cc1C(=O)O)c1cccc(F)n1. The van der Waals surface area contributed by atoms with Gasteiger partial charge in [0.25, 0.3) is 5.91 Å². The molecule has 0 atom stereocenters. The van der Waals surface area contributed by atoms with Crippen LogP contribution >= 0.6 is 31.9 Å². The average Bonchev–Trinajstić information content (AvgIpc) is 2.41. The lowest BCUT2D eigenvalue weighted by molar-refractivity contribution is 0.0698. The molecule has 0 spiro atoms. The molecule has 0 radical (unpaired) electrons. The highest BCUT2D eigenvalue weighted by Crippen LogP contribution is 2.31. The topological polar surface area (TPSA) is 79.3 Å². The Bertz CT molecular complexity index is 737. The summed E-state index contributed by atoms with van der Waals surface area (Å²) >= 11 is 6.35. The largest absolute Gasteiger partial charge is 0.478 e. The third-order valence-electron chi connectivity index (χ3n) is 2.47. The highest BCUT2D eigenvalue weighted by atomic mass is 79.9. The molecule has 5 nitrogen and oxygen atoms in total. The predicted molar refractivity (Wildman–Crippen MR) is 80.9 cm³/mol. The Morgan fingerprint density at radius 3 is 2.57 bits per heavy atom. The number of carbonyl (C=O) groups excluding carboxylic acids is 1. The van der Waals surface area contributed by atoms with Crippen LogP contribution in [0.5, 0.6) is 0 Å². The van der Waals surface area contributed by atoms with Crippen LogP contribution in [0.15, 0.2) is 39.3 Å². The van der Waals surface area contributed by atoms with Gasteiger partial charge in [0.05, 0.1) is 11.3 Å². The lowest BCUT2D eigenvalue weighted by Gasteiger charge is -2.11. The number of hydrogen-bond donors (Lipinski definition) is 2. The van der Waals surface area contributed by atoms with E-state index in [-0.39, 0.29) is 16.9 Å². The van der Waals surface area contributed by atoms with Gasteiger partial charge in [-0.3, -0.25) is 4.79 Å². The number of nitrogens with one attached hydrogen (secondary N) is 1. The molecule has 1 aromatic heterocycles. The third kappa shape index (κ3) is 3.64. The van der Waals surface area contributed by atoms with E-state index in [9.17, 15) is 19.1 Å². The van der Waals surface area contributed by atoms with E-state index in [2.05, 4.69) is 42.2 Å². The van der Waals surface area contributed by atoms with Crippen molar-refractivity contribution < 1.29 is 19.1 Å². The van der Waals surface area contributed by atoms with E-state index in [1.807, 2.05) is 0 Å². The van der Waals surface area contributed by atoms with E-state index >= 15 is 0 Å². The third-order valence-corrected chi connectivity index (χ3v) is 3.55. The van der Waals surface area contributed by atoms with E-state index in [1.165, 1.54) is 18.2 Å². The molecule has 108 valence electrons. The molecule has 21 heavy (non-hydrogen) atoms.